The average molecular weight is 241 g/mol. The molecule has 0 aromatic rings. The summed E-state index contributed by atoms with van der Waals surface area (Å²) in [5.74, 6) is -0.349. The highest BCUT2D eigenvalue weighted by Gasteiger charge is 2.40. The Morgan fingerprint density at radius 3 is 2.35 bits per heavy atom. The predicted octanol–water partition coefficient (Wildman–Crippen LogP) is 1.56. The highest BCUT2D eigenvalue weighted by molar-refractivity contribution is 5.68. The summed E-state index contributed by atoms with van der Waals surface area (Å²) in [6, 6.07) is 0.208. The van der Waals surface area contributed by atoms with Crippen molar-refractivity contribution in [3.63, 3.8) is 0 Å². The summed E-state index contributed by atoms with van der Waals surface area (Å²) in [6.45, 7) is 1.39. The van der Waals surface area contributed by atoms with Gasteiger partial charge in [0, 0.05) is 18.9 Å². The van der Waals surface area contributed by atoms with Crippen molar-refractivity contribution in [1.29, 1.82) is 0 Å². The summed E-state index contributed by atoms with van der Waals surface area (Å²) in [6.07, 6.45) is 5.47. The van der Waals surface area contributed by atoms with E-state index in [1.165, 1.54) is 0 Å². The van der Waals surface area contributed by atoms with Crippen LogP contribution in [-0.2, 0) is 14.2 Å². The highest BCUT2D eigenvalue weighted by Crippen LogP contribution is 2.35. The Bertz CT molecular complexity index is 287. The van der Waals surface area contributed by atoms with Gasteiger partial charge in [0.15, 0.2) is 5.79 Å². The Kier molecular flexibility index (Phi) is 2.96. The van der Waals surface area contributed by atoms with E-state index in [0.717, 1.165) is 38.5 Å². The molecule has 3 rings (SSSR count). The second kappa shape index (κ2) is 4.46. The van der Waals surface area contributed by atoms with E-state index in [4.69, 9.17) is 14.2 Å². The smallest absolute Gasteiger partial charge is 0.407 e. The number of alkyl carbamates (subject to hydrolysis) is 1. The first kappa shape index (κ1) is 11.3. The molecule has 5 nitrogen and oxygen atoms in total. The van der Waals surface area contributed by atoms with E-state index in [1.807, 2.05) is 0 Å². The van der Waals surface area contributed by atoms with E-state index in [0.29, 0.717) is 13.2 Å². The third kappa shape index (κ3) is 2.72. The summed E-state index contributed by atoms with van der Waals surface area (Å²) < 4.78 is 16.5. The van der Waals surface area contributed by atoms with Crippen molar-refractivity contribution in [2.24, 2.45) is 0 Å². The zero-order valence-electron chi connectivity index (χ0n) is 9.94. The number of carbonyl (C=O) groups is 1. The van der Waals surface area contributed by atoms with E-state index in [9.17, 15) is 4.79 Å². The lowest BCUT2D eigenvalue weighted by Gasteiger charge is -2.35. The van der Waals surface area contributed by atoms with Gasteiger partial charge < -0.3 is 19.5 Å². The van der Waals surface area contributed by atoms with Gasteiger partial charge in [0.05, 0.1) is 13.2 Å². The molecule has 0 bridgehead atoms. The first-order valence-electron chi connectivity index (χ1n) is 6.51. The first-order chi connectivity index (χ1) is 8.26. The van der Waals surface area contributed by atoms with Gasteiger partial charge >= 0.3 is 6.09 Å². The molecule has 2 saturated carbocycles. The molecule has 0 aromatic carbocycles. The minimum absolute atomic E-state index is 0.173. The maximum absolute atomic E-state index is 11.5. The number of hydrogen-bond acceptors (Lipinski definition) is 4. The van der Waals surface area contributed by atoms with Crippen LogP contribution < -0.4 is 5.32 Å². The number of ether oxygens (including phenoxy) is 3. The molecule has 5 heteroatoms. The second-order valence-corrected chi connectivity index (χ2v) is 5.13. The van der Waals surface area contributed by atoms with E-state index in [-0.39, 0.29) is 24.0 Å². The lowest BCUT2D eigenvalue weighted by Crippen LogP contribution is -2.44. The van der Waals surface area contributed by atoms with Crippen LogP contribution in [0.5, 0.6) is 0 Å². The van der Waals surface area contributed by atoms with E-state index < -0.39 is 0 Å². The molecular formula is C12H19NO4. The molecule has 96 valence electrons. The van der Waals surface area contributed by atoms with Gasteiger partial charge in [-0.25, -0.2) is 4.79 Å². The Hall–Kier alpha value is -0.810. The Balaban J connectivity index is 1.42. The molecule has 0 radical (unpaired) electrons. The fraction of sp³-hybridized carbons (Fsp3) is 0.917. The van der Waals surface area contributed by atoms with Gasteiger partial charge in [-0.1, -0.05) is 0 Å². The van der Waals surface area contributed by atoms with Gasteiger partial charge in [-0.3, -0.25) is 0 Å². The molecule has 2 aliphatic carbocycles. The van der Waals surface area contributed by atoms with Crippen LogP contribution in [0.3, 0.4) is 0 Å². The molecule has 1 N–H and O–H groups in total. The van der Waals surface area contributed by atoms with E-state index >= 15 is 0 Å². The maximum atomic E-state index is 11.5. The van der Waals surface area contributed by atoms with Crippen LogP contribution in [0.1, 0.15) is 38.5 Å². The molecule has 17 heavy (non-hydrogen) atoms. The van der Waals surface area contributed by atoms with Gasteiger partial charge in [-0.05, 0) is 25.7 Å². The molecule has 0 unspecified atom stereocenters. The third-order valence-electron chi connectivity index (χ3n) is 3.68. The summed E-state index contributed by atoms with van der Waals surface area (Å²) in [5, 5.41) is 2.92. The van der Waals surface area contributed by atoms with E-state index in [2.05, 4.69) is 5.32 Å². The maximum Gasteiger partial charge on any atom is 0.407 e. The molecule has 1 aliphatic heterocycles. The number of nitrogens with one attached hydrogen (secondary N) is 1. The summed E-state index contributed by atoms with van der Waals surface area (Å²) >= 11 is 0. The normalized spacial score (nSPS) is 28.2. The minimum atomic E-state index is -0.349. The molecule has 1 heterocycles. The van der Waals surface area contributed by atoms with Crippen LogP contribution in [0.2, 0.25) is 0 Å². The lowest BCUT2D eigenvalue weighted by atomic mass is 9.90. The molecule has 0 atom stereocenters. The topological polar surface area (TPSA) is 56.8 Å². The van der Waals surface area contributed by atoms with Gasteiger partial charge in [-0.2, -0.15) is 0 Å². The second-order valence-electron chi connectivity index (χ2n) is 5.13. The Morgan fingerprint density at radius 2 is 1.76 bits per heavy atom. The predicted molar refractivity (Wildman–Crippen MR) is 59.5 cm³/mol. The molecule has 1 amide bonds. The van der Waals surface area contributed by atoms with Crippen LogP contribution in [0.25, 0.3) is 0 Å². The standard InChI is InChI=1S/C12H19NO4/c14-11(17-10-1-2-10)13-9-3-5-12(6-4-9)15-7-8-16-12/h9-10H,1-8H2,(H,13,14). The number of hydrogen-bond donors (Lipinski definition) is 1. The van der Waals surface area contributed by atoms with Crippen LogP contribution in [-0.4, -0.2) is 37.2 Å². The quantitative estimate of drug-likeness (QED) is 0.797. The zero-order chi connectivity index (χ0) is 11.7. The van der Waals surface area contributed by atoms with Crippen molar-refractivity contribution < 1.29 is 19.0 Å². The van der Waals surface area contributed by atoms with Crippen molar-refractivity contribution in [2.45, 2.75) is 56.5 Å². The van der Waals surface area contributed by atoms with Gasteiger partial charge in [0.1, 0.15) is 6.10 Å². The van der Waals surface area contributed by atoms with Crippen LogP contribution in [0.15, 0.2) is 0 Å². The van der Waals surface area contributed by atoms with Crippen molar-refractivity contribution in [2.75, 3.05) is 13.2 Å². The molecule has 3 aliphatic rings. The summed E-state index contributed by atoms with van der Waals surface area (Å²) in [7, 11) is 0. The Labute approximate surface area is 101 Å². The molecule has 1 spiro atoms. The molecule has 3 fully saturated rings. The first-order valence-corrected chi connectivity index (χ1v) is 6.51. The van der Waals surface area contributed by atoms with Crippen LogP contribution >= 0.6 is 0 Å². The molecule has 1 saturated heterocycles. The number of amides is 1. The van der Waals surface area contributed by atoms with E-state index in [1.54, 1.807) is 0 Å². The Morgan fingerprint density at radius 1 is 1.12 bits per heavy atom. The lowest BCUT2D eigenvalue weighted by molar-refractivity contribution is -0.179. The fourth-order valence-electron chi connectivity index (χ4n) is 2.53. The third-order valence-corrected chi connectivity index (χ3v) is 3.68. The average Bonchev–Trinajstić information content (AvgIpc) is 3.01. The SMILES string of the molecule is O=C(NC1CCC2(CC1)OCCO2)OC1CC1. The summed E-state index contributed by atoms with van der Waals surface area (Å²) in [4.78, 5) is 11.5. The van der Waals surface area contributed by atoms with Crippen LogP contribution in [0, 0.1) is 0 Å². The fourth-order valence-corrected chi connectivity index (χ4v) is 2.53. The zero-order valence-corrected chi connectivity index (χ0v) is 9.94. The van der Waals surface area contributed by atoms with Crippen molar-refractivity contribution >= 4 is 6.09 Å². The number of rotatable bonds is 2. The number of carbonyl (C=O) groups excluding carboxylic acids is 1. The minimum Gasteiger partial charge on any atom is -0.446 e. The van der Waals surface area contributed by atoms with Crippen molar-refractivity contribution in [1.82, 2.24) is 5.32 Å². The van der Waals surface area contributed by atoms with Crippen molar-refractivity contribution in [3.8, 4) is 0 Å². The largest absolute Gasteiger partial charge is 0.446 e. The molecular weight excluding hydrogens is 222 g/mol. The molecule has 0 aromatic heterocycles. The van der Waals surface area contributed by atoms with Gasteiger partial charge in [-0.15, -0.1) is 0 Å². The van der Waals surface area contributed by atoms with Gasteiger partial charge in [0.25, 0.3) is 0 Å². The highest BCUT2D eigenvalue weighted by atomic mass is 16.7. The summed E-state index contributed by atoms with van der Waals surface area (Å²) in [5.41, 5.74) is 0. The van der Waals surface area contributed by atoms with Gasteiger partial charge in [0.2, 0.25) is 0 Å². The van der Waals surface area contributed by atoms with Crippen molar-refractivity contribution in [3.05, 3.63) is 0 Å². The van der Waals surface area contributed by atoms with Crippen LogP contribution in [0.4, 0.5) is 4.79 Å². The monoisotopic (exact) mass is 241 g/mol.